The van der Waals surface area contributed by atoms with Gasteiger partial charge in [-0.1, -0.05) is 6.08 Å². The van der Waals surface area contributed by atoms with Gasteiger partial charge in [0.25, 0.3) is 0 Å². The Bertz CT molecular complexity index is 444. The second-order valence-corrected chi connectivity index (χ2v) is 5.42. The fraction of sp³-hybridized carbons (Fsp3) is 0.692. The average Bonchev–Trinajstić information content (AvgIpc) is 2.96. The molecule has 0 aromatic heterocycles. The second-order valence-electron chi connectivity index (χ2n) is 5.42. The predicted molar refractivity (Wildman–Crippen MR) is 62.0 cm³/mol. The molecule has 2 fully saturated rings. The van der Waals surface area contributed by atoms with Gasteiger partial charge in [0.2, 0.25) is 0 Å². The van der Waals surface area contributed by atoms with Crippen molar-refractivity contribution >= 4 is 11.9 Å². The first-order valence-corrected chi connectivity index (χ1v) is 6.43. The fourth-order valence-corrected chi connectivity index (χ4v) is 2.66. The Morgan fingerprint density at radius 2 is 2.21 bits per heavy atom. The molecule has 6 nitrogen and oxygen atoms in total. The summed E-state index contributed by atoms with van der Waals surface area (Å²) in [4.78, 5) is 23.2. The molecular weight excluding hydrogens is 252 g/mol. The molecular formula is C13H16O6. The summed E-state index contributed by atoms with van der Waals surface area (Å²) in [7, 11) is 0. The van der Waals surface area contributed by atoms with Gasteiger partial charge >= 0.3 is 11.9 Å². The zero-order chi connectivity index (χ0) is 13.6. The number of carbonyl (C=O) groups excluding carboxylic acids is 2. The maximum Gasteiger partial charge on any atom is 0.336 e. The molecule has 1 N–H and O–H groups in total. The van der Waals surface area contributed by atoms with E-state index in [1.807, 2.05) is 6.92 Å². The van der Waals surface area contributed by atoms with Gasteiger partial charge in [-0.2, -0.15) is 0 Å². The van der Waals surface area contributed by atoms with Crippen LogP contribution in [0.3, 0.4) is 0 Å². The molecule has 0 bridgehead atoms. The maximum atomic E-state index is 11.8. The van der Waals surface area contributed by atoms with Crippen molar-refractivity contribution in [2.24, 2.45) is 0 Å². The number of epoxide rings is 1. The van der Waals surface area contributed by atoms with Crippen molar-refractivity contribution in [1.82, 2.24) is 0 Å². The summed E-state index contributed by atoms with van der Waals surface area (Å²) in [6, 6.07) is 0. The molecule has 0 aliphatic carbocycles. The first-order chi connectivity index (χ1) is 8.97. The summed E-state index contributed by atoms with van der Waals surface area (Å²) >= 11 is 0. The predicted octanol–water partition coefficient (Wildman–Crippen LogP) is 0.0821. The number of aliphatic hydroxyl groups excluding tert-OH is 1. The highest BCUT2D eigenvalue weighted by Crippen LogP contribution is 2.36. The van der Waals surface area contributed by atoms with Gasteiger partial charge < -0.3 is 19.3 Å². The van der Waals surface area contributed by atoms with Crippen molar-refractivity contribution in [1.29, 1.82) is 0 Å². The van der Waals surface area contributed by atoms with Crippen molar-refractivity contribution < 1.29 is 28.9 Å². The van der Waals surface area contributed by atoms with E-state index in [9.17, 15) is 14.7 Å². The van der Waals surface area contributed by atoms with Crippen LogP contribution in [0.25, 0.3) is 0 Å². The number of carbonyl (C=O) groups is 2. The minimum absolute atomic E-state index is 0.0208. The van der Waals surface area contributed by atoms with Crippen LogP contribution in [-0.4, -0.2) is 47.1 Å². The number of hydrogen-bond acceptors (Lipinski definition) is 6. The molecule has 104 valence electrons. The van der Waals surface area contributed by atoms with E-state index < -0.39 is 23.6 Å². The molecule has 6 heteroatoms. The molecule has 19 heavy (non-hydrogen) atoms. The van der Waals surface area contributed by atoms with E-state index in [1.54, 1.807) is 12.2 Å². The quantitative estimate of drug-likeness (QED) is 0.380. The first kappa shape index (κ1) is 12.6. The molecule has 1 spiro atoms. The molecule has 2 saturated heterocycles. The minimum atomic E-state index is -1.19. The van der Waals surface area contributed by atoms with E-state index in [0.29, 0.717) is 6.42 Å². The molecule has 0 aromatic carbocycles. The summed E-state index contributed by atoms with van der Waals surface area (Å²) < 4.78 is 15.9. The van der Waals surface area contributed by atoms with Crippen molar-refractivity contribution in [2.75, 3.05) is 0 Å². The third-order valence-corrected chi connectivity index (χ3v) is 3.67. The van der Waals surface area contributed by atoms with Gasteiger partial charge in [0.15, 0.2) is 6.10 Å². The van der Waals surface area contributed by atoms with E-state index in [4.69, 9.17) is 14.2 Å². The van der Waals surface area contributed by atoms with Gasteiger partial charge in [-0.3, -0.25) is 4.79 Å². The lowest BCUT2D eigenvalue weighted by Crippen LogP contribution is -2.32. The van der Waals surface area contributed by atoms with Gasteiger partial charge in [-0.05, 0) is 13.0 Å². The van der Waals surface area contributed by atoms with Crippen molar-refractivity contribution in [3.8, 4) is 0 Å². The number of hydrogen-bond donors (Lipinski definition) is 1. The number of fused-ring (bicyclic) bond motifs is 1. The number of ether oxygens (including phenoxy) is 3. The van der Waals surface area contributed by atoms with E-state index in [2.05, 4.69) is 0 Å². The lowest BCUT2D eigenvalue weighted by atomic mass is 9.93. The molecule has 3 heterocycles. The smallest absolute Gasteiger partial charge is 0.336 e. The van der Waals surface area contributed by atoms with Gasteiger partial charge in [-0.15, -0.1) is 0 Å². The molecule has 5 atom stereocenters. The molecule has 0 amide bonds. The van der Waals surface area contributed by atoms with E-state index >= 15 is 0 Å². The molecule has 0 radical (unpaired) electrons. The zero-order valence-electron chi connectivity index (χ0n) is 10.6. The Kier molecular flexibility index (Phi) is 2.87. The standard InChI is InChI=1S/C13H16O6/c1-7-4-10-9(18-10)2-3-13(6-11(15)17-7)5-8(14)12(16)19-13/h2-3,7-10,14H,4-6H2,1H3/b3-2-/t7-,8-,9-,10+,13-/m1/s1. The fourth-order valence-electron chi connectivity index (χ4n) is 2.66. The highest BCUT2D eigenvalue weighted by atomic mass is 16.6. The van der Waals surface area contributed by atoms with Gasteiger partial charge in [-0.25, -0.2) is 4.79 Å². The summed E-state index contributed by atoms with van der Waals surface area (Å²) in [5, 5.41) is 9.53. The van der Waals surface area contributed by atoms with Crippen LogP contribution < -0.4 is 0 Å². The monoisotopic (exact) mass is 268 g/mol. The van der Waals surface area contributed by atoms with E-state index in [0.717, 1.165) is 0 Å². The Morgan fingerprint density at radius 1 is 1.42 bits per heavy atom. The van der Waals surface area contributed by atoms with Gasteiger partial charge in [0, 0.05) is 12.8 Å². The molecule has 3 aliphatic rings. The lowest BCUT2D eigenvalue weighted by Gasteiger charge is -2.24. The molecule has 0 aromatic rings. The zero-order valence-corrected chi connectivity index (χ0v) is 10.6. The number of esters is 2. The van der Waals surface area contributed by atoms with Gasteiger partial charge in [0.05, 0.1) is 12.5 Å². The van der Waals surface area contributed by atoms with Crippen molar-refractivity contribution in [3.05, 3.63) is 12.2 Å². The van der Waals surface area contributed by atoms with Crippen LogP contribution in [0.5, 0.6) is 0 Å². The van der Waals surface area contributed by atoms with Crippen LogP contribution in [0.15, 0.2) is 12.2 Å². The third-order valence-electron chi connectivity index (χ3n) is 3.67. The minimum Gasteiger partial charge on any atom is -0.462 e. The Balaban J connectivity index is 1.84. The topological polar surface area (TPSA) is 85.4 Å². The summed E-state index contributed by atoms with van der Waals surface area (Å²) in [5.74, 6) is -1.13. The highest BCUT2D eigenvalue weighted by Gasteiger charge is 2.48. The largest absolute Gasteiger partial charge is 0.462 e. The van der Waals surface area contributed by atoms with Crippen LogP contribution in [0.1, 0.15) is 26.2 Å². The number of aliphatic hydroxyl groups is 1. The summed E-state index contributed by atoms with van der Waals surface area (Å²) in [5.41, 5.74) is -1.10. The third kappa shape index (κ3) is 2.50. The Hall–Kier alpha value is -1.40. The molecule has 0 saturated carbocycles. The summed E-state index contributed by atoms with van der Waals surface area (Å²) in [6.45, 7) is 1.81. The van der Waals surface area contributed by atoms with Gasteiger partial charge in [0.1, 0.15) is 17.8 Å². The van der Waals surface area contributed by atoms with Crippen molar-refractivity contribution in [2.45, 2.75) is 56.2 Å². The SMILES string of the molecule is C[C@@H]1C[C@@H]2O[C@@H]2/C=C\[C@]2(CC(=O)O1)C[C@@H](O)C(=O)O2. The van der Waals surface area contributed by atoms with E-state index in [1.165, 1.54) is 0 Å². The lowest BCUT2D eigenvalue weighted by molar-refractivity contribution is -0.158. The summed E-state index contributed by atoms with van der Waals surface area (Å²) in [6.07, 6.45) is 2.74. The molecule has 0 unspecified atom stereocenters. The van der Waals surface area contributed by atoms with Crippen LogP contribution in [0, 0.1) is 0 Å². The molecule has 3 aliphatic heterocycles. The average molecular weight is 268 g/mol. The maximum absolute atomic E-state index is 11.8. The van der Waals surface area contributed by atoms with Crippen LogP contribution >= 0.6 is 0 Å². The number of rotatable bonds is 0. The normalized spacial score (nSPS) is 47.3. The van der Waals surface area contributed by atoms with Crippen LogP contribution in [0.2, 0.25) is 0 Å². The highest BCUT2D eigenvalue weighted by molar-refractivity contribution is 5.80. The second kappa shape index (κ2) is 4.31. The number of cyclic esters (lactones) is 1. The molecule has 3 rings (SSSR count). The van der Waals surface area contributed by atoms with E-state index in [-0.39, 0.29) is 31.2 Å². The Labute approximate surface area is 110 Å². The van der Waals surface area contributed by atoms with Crippen molar-refractivity contribution in [3.63, 3.8) is 0 Å². The first-order valence-electron chi connectivity index (χ1n) is 6.43. The van der Waals surface area contributed by atoms with Crippen LogP contribution in [0.4, 0.5) is 0 Å². The Morgan fingerprint density at radius 3 is 2.89 bits per heavy atom. The van der Waals surface area contributed by atoms with Crippen LogP contribution in [-0.2, 0) is 23.8 Å².